The summed E-state index contributed by atoms with van der Waals surface area (Å²) >= 11 is 3.46. The maximum Gasteiger partial charge on any atom is 0.228 e. The maximum atomic E-state index is 6.26. The van der Waals surface area contributed by atoms with Crippen molar-refractivity contribution in [3.63, 3.8) is 0 Å². The molecule has 0 atom stereocenters. The smallest absolute Gasteiger partial charge is 0.228 e. The van der Waals surface area contributed by atoms with Crippen LogP contribution in [0.4, 0.5) is 0 Å². The molecule has 0 saturated heterocycles. The fourth-order valence-electron chi connectivity index (χ4n) is 15.1. The van der Waals surface area contributed by atoms with E-state index in [4.69, 9.17) is 48.7 Å². The second-order valence-corrected chi connectivity index (χ2v) is 28.2. The van der Waals surface area contributed by atoms with Gasteiger partial charge in [-0.15, -0.1) is 22.7 Å². The van der Waals surface area contributed by atoms with Gasteiger partial charge in [-0.2, -0.15) is 0 Å². The molecule has 14 heteroatoms. The number of aromatic nitrogens is 10. The molecular weight excluding hydrogens is 1340 g/mol. The summed E-state index contributed by atoms with van der Waals surface area (Å²) < 4.78 is 21.6. The first kappa shape index (κ1) is 60.8. The number of benzene rings is 14. The molecule has 0 N–H and O–H groups in total. The van der Waals surface area contributed by atoms with Crippen molar-refractivity contribution in [1.82, 2.24) is 49.0 Å². The van der Waals surface area contributed by atoms with Crippen molar-refractivity contribution in [1.29, 1.82) is 0 Å². The van der Waals surface area contributed by atoms with E-state index in [-0.39, 0.29) is 0 Å². The van der Waals surface area contributed by atoms with E-state index < -0.39 is 0 Å². The normalized spacial score (nSPS) is 11.8. The topological polar surface area (TPSA) is 139 Å². The van der Waals surface area contributed by atoms with Gasteiger partial charge in [-0.1, -0.05) is 231 Å². The number of para-hydroxylation sites is 8. The summed E-state index contributed by atoms with van der Waals surface area (Å²) in [7, 11) is 0. The second-order valence-electron chi connectivity index (χ2n) is 26.1. The van der Waals surface area contributed by atoms with Gasteiger partial charge in [0.05, 0.1) is 33.2 Å². The molecule has 106 heavy (non-hydrogen) atoms. The number of fused-ring (bicyclic) bond motifs is 14. The summed E-state index contributed by atoms with van der Waals surface area (Å²) in [5, 5.41) is 9.03. The Bertz CT molecular complexity index is 7120. The van der Waals surface area contributed by atoms with Crippen LogP contribution in [0.15, 0.2) is 336 Å². The first-order chi connectivity index (χ1) is 52.5. The first-order valence-electron chi connectivity index (χ1n) is 35.0. The van der Waals surface area contributed by atoms with Crippen molar-refractivity contribution in [2.24, 2.45) is 0 Å². The highest BCUT2D eigenvalue weighted by Crippen LogP contribution is 2.47. The second kappa shape index (κ2) is 25.0. The van der Waals surface area contributed by atoms with Gasteiger partial charge in [-0.3, -0.25) is 0 Å². The zero-order valence-electron chi connectivity index (χ0n) is 56.3. The van der Waals surface area contributed by atoms with Gasteiger partial charge in [0.2, 0.25) is 11.8 Å². The van der Waals surface area contributed by atoms with E-state index in [1.807, 2.05) is 109 Å². The molecule has 0 aliphatic heterocycles. The Morgan fingerprint density at radius 1 is 0.236 bits per heavy atom. The first-order valence-corrected chi connectivity index (χ1v) is 36.6. The fourth-order valence-corrected chi connectivity index (χ4v) is 17.5. The lowest BCUT2D eigenvalue weighted by Crippen LogP contribution is -2.01. The van der Waals surface area contributed by atoms with Crippen molar-refractivity contribution in [2.45, 2.75) is 0 Å². The number of nitrogens with zero attached hydrogens (tertiary/aromatic N) is 10. The number of oxazole rings is 2. The molecular formula is C92H54N10O2S2. The minimum atomic E-state index is 0.612. The summed E-state index contributed by atoms with van der Waals surface area (Å²) in [6.45, 7) is 0. The summed E-state index contributed by atoms with van der Waals surface area (Å²) in [4.78, 5) is 40.9. The molecule has 22 aromatic rings. The van der Waals surface area contributed by atoms with Crippen molar-refractivity contribution in [3.8, 4) is 103 Å². The van der Waals surface area contributed by atoms with Gasteiger partial charge in [-0.05, 0) is 97.1 Å². The van der Waals surface area contributed by atoms with E-state index in [0.29, 0.717) is 46.7 Å². The highest BCUT2D eigenvalue weighted by molar-refractivity contribution is 7.27. The Labute approximate surface area is 612 Å². The molecule has 8 heterocycles. The summed E-state index contributed by atoms with van der Waals surface area (Å²) in [6, 6.07) is 113. The Morgan fingerprint density at radius 2 is 0.604 bits per heavy atom. The third-order valence-corrected chi connectivity index (χ3v) is 22.2. The zero-order chi connectivity index (χ0) is 69.8. The molecule has 0 amide bonds. The van der Waals surface area contributed by atoms with Gasteiger partial charge in [-0.25, -0.2) is 39.9 Å². The van der Waals surface area contributed by atoms with Crippen LogP contribution in [0.3, 0.4) is 0 Å². The quantitative estimate of drug-likeness (QED) is 0.130. The van der Waals surface area contributed by atoms with Crippen LogP contribution in [0.5, 0.6) is 0 Å². The molecule has 0 spiro atoms. The molecule has 0 aliphatic rings. The van der Waals surface area contributed by atoms with E-state index in [0.717, 1.165) is 151 Å². The van der Waals surface area contributed by atoms with Gasteiger partial charge < -0.3 is 18.0 Å². The third-order valence-electron chi connectivity index (χ3n) is 19.8. The molecule has 14 aromatic carbocycles. The predicted molar refractivity (Wildman–Crippen MR) is 433 cm³/mol. The van der Waals surface area contributed by atoms with Gasteiger partial charge in [0.15, 0.2) is 46.1 Å². The highest BCUT2D eigenvalue weighted by atomic mass is 32.1. The van der Waals surface area contributed by atoms with Gasteiger partial charge >= 0.3 is 0 Å². The van der Waals surface area contributed by atoms with Crippen LogP contribution in [-0.2, 0) is 0 Å². The SMILES string of the molecule is c1ccc(-c2nc(-c3ccc4c5ccccc5n(-c5ccccc5)c4c3)nc(-c3cccc4sc5c(-c6nc7ccccc7o6)cccc5c34)n2)cc1.c1ccc(-c2nc(-c3cccc4sc5c(-c6nc7ccccc7o6)cccc5c34)nc(-c3cccc4c3c3ccccc3n4-c3ccccc3)n2)cc1. The van der Waals surface area contributed by atoms with Gasteiger partial charge in [0, 0.05) is 107 Å². The molecule has 0 bridgehead atoms. The van der Waals surface area contributed by atoms with E-state index >= 15 is 0 Å². The van der Waals surface area contributed by atoms with E-state index in [2.05, 4.69) is 228 Å². The summed E-state index contributed by atoms with van der Waals surface area (Å²) in [5.41, 5.74) is 17.5. The number of rotatable bonds is 10. The molecule has 0 saturated carbocycles. The van der Waals surface area contributed by atoms with E-state index in [1.165, 1.54) is 10.8 Å². The zero-order valence-corrected chi connectivity index (χ0v) is 57.9. The van der Waals surface area contributed by atoms with E-state index in [1.54, 1.807) is 22.7 Å². The number of thiophene rings is 2. The van der Waals surface area contributed by atoms with Crippen molar-refractivity contribution >= 4 is 129 Å². The van der Waals surface area contributed by atoms with Crippen LogP contribution in [-0.4, -0.2) is 49.0 Å². The standard InChI is InChI=1S/2C46H27N5OS/c1-3-14-28(15-4-1)43-48-44(32-20-12-25-37-40(32)30-18-7-9-24-36(30)51(37)29-16-5-2-6-17-29)50-45(49-43)33-21-13-27-39-41(33)31-19-11-22-34(42(31)53-39)46-47-35-23-8-10-26-38(35)52-46;1-3-13-28(14-4-1)43-48-44(29-25-26-32-31-17-7-9-22-37(31)51(38(32)27-29)30-15-5-2-6-16-30)50-45(49-43)34-19-12-24-40-41(34)33-18-11-20-35(42(33)53-40)46-47-36-21-8-10-23-39(36)52-46/h2*1-27H. The van der Waals surface area contributed by atoms with Crippen LogP contribution in [0.1, 0.15) is 0 Å². The lowest BCUT2D eigenvalue weighted by atomic mass is 10.0. The van der Waals surface area contributed by atoms with Crippen LogP contribution in [0, 0.1) is 0 Å². The van der Waals surface area contributed by atoms with Gasteiger partial charge in [0.1, 0.15) is 11.0 Å². The van der Waals surface area contributed by atoms with Crippen molar-refractivity contribution in [2.75, 3.05) is 0 Å². The molecule has 0 unspecified atom stereocenters. The van der Waals surface area contributed by atoms with Crippen molar-refractivity contribution < 1.29 is 8.83 Å². The Kier molecular flexibility index (Phi) is 14.3. The van der Waals surface area contributed by atoms with E-state index in [9.17, 15) is 0 Å². The molecule has 12 nitrogen and oxygen atoms in total. The van der Waals surface area contributed by atoms with Crippen LogP contribution >= 0.6 is 22.7 Å². The minimum absolute atomic E-state index is 0.612. The van der Waals surface area contributed by atoms with Crippen LogP contribution in [0.2, 0.25) is 0 Å². The summed E-state index contributed by atoms with van der Waals surface area (Å²) in [6.07, 6.45) is 0. The third kappa shape index (κ3) is 10.2. The highest BCUT2D eigenvalue weighted by Gasteiger charge is 2.25. The minimum Gasteiger partial charge on any atom is -0.436 e. The molecule has 496 valence electrons. The molecule has 8 aromatic heterocycles. The summed E-state index contributed by atoms with van der Waals surface area (Å²) in [5.74, 6) is 4.95. The van der Waals surface area contributed by atoms with Crippen LogP contribution < -0.4 is 0 Å². The number of hydrogen-bond acceptors (Lipinski definition) is 12. The lowest BCUT2D eigenvalue weighted by molar-refractivity contribution is 0.620. The fraction of sp³-hybridized carbons (Fsp3) is 0. The Hall–Kier alpha value is -13.9. The monoisotopic (exact) mass is 1390 g/mol. The molecule has 22 rings (SSSR count). The van der Waals surface area contributed by atoms with Crippen molar-refractivity contribution in [3.05, 3.63) is 328 Å². The number of hydrogen-bond donors (Lipinski definition) is 0. The average molecular weight is 1400 g/mol. The molecule has 0 fully saturated rings. The average Bonchev–Trinajstić information content (AvgIpc) is 1.57. The molecule has 0 radical (unpaired) electrons. The lowest BCUT2D eigenvalue weighted by Gasteiger charge is -2.11. The Balaban J connectivity index is 0.000000136. The predicted octanol–water partition coefficient (Wildman–Crippen LogP) is 24.3. The largest absolute Gasteiger partial charge is 0.436 e. The van der Waals surface area contributed by atoms with Gasteiger partial charge in [0.25, 0.3) is 0 Å². The maximum absolute atomic E-state index is 6.26. The van der Waals surface area contributed by atoms with Crippen LogP contribution in [0.25, 0.3) is 209 Å². The Morgan fingerprint density at radius 3 is 1.13 bits per heavy atom. The molecule has 0 aliphatic carbocycles.